The van der Waals surface area contributed by atoms with E-state index in [0.29, 0.717) is 18.7 Å². The van der Waals surface area contributed by atoms with Crippen molar-refractivity contribution in [3.63, 3.8) is 0 Å². The Kier molecular flexibility index (Phi) is 4.12. The molecule has 0 N–H and O–H groups in total. The van der Waals surface area contributed by atoms with E-state index in [0.717, 1.165) is 22.8 Å². The van der Waals surface area contributed by atoms with Crippen LogP contribution in [-0.2, 0) is 13.1 Å². The van der Waals surface area contributed by atoms with E-state index >= 15 is 0 Å². The molecule has 1 aliphatic rings. The average molecular weight is 349 g/mol. The molecule has 0 radical (unpaired) electrons. The van der Waals surface area contributed by atoms with Crippen molar-refractivity contribution in [1.82, 2.24) is 24.6 Å². The van der Waals surface area contributed by atoms with Gasteiger partial charge in [-0.05, 0) is 30.7 Å². The number of benzene rings is 1. The third-order valence-corrected chi connectivity index (χ3v) is 4.75. The zero-order valence-corrected chi connectivity index (χ0v) is 14.7. The van der Waals surface area contributed by atoms with Crippen LogP contribution in [-0.4, -0.2) is 37.7 Å². The van der Waals surface area contributed by atoms with Crippen LogP contribution in [0.25, 0.3) is 0 Å². The first-order valence-electron chi connectivity index (χ1n) is 8.40. The number of imidazole rings is 1. The molecule has 0 aliphatic carbocycles. The van der Waals surface area contributed by atoms with E-state index in [2.05, 4.69) is 19.7 Å². The quantitative estimate of drug-likeness (QED) is 0.726. The minimum Gasteiger partial charge on any atom is -0.497 e. The summed E-state index contributed by atoms with van der Waals surface area (Å²) >= 11 is 0. The van der Waals surface area contributed by atoms with Crippen molar-refractivity contribution < 1.29 is 9.53 Å². The molecular formula is C19H19N5O2. The number of hydrogen-bond acceptors (Lipinski definition) is 5. The van der Waals surface area contributed by atoms with Gasteiger partial charge in [0.2, 0.25) is 0 Å². The number of rotatable bonds is 3. The molecule has 7 nitrogen and oxygen atoms in total. The molecule has 132 valence electrons. The fourth-order valence-electron chi connectivity index (χ4n) is 3.35. The molecule has 0 fully saturated rings. The van der Waals surface area contributed by atoms with Crippen molar-refractivity contribution in [2.75, 3.05) is 7.11 Å². The van der Waals surface area contributed by atoms with Gasteiger partial charge in [-0.25, -0.2) is 4.98 Å². The topological polar surface area (TPSA) is 73.1 Å². The van der Waals surface area contributed by atoms with E-state index in [9.17, 15) is 4.79 Å². The second-order valence-electron chi connectivity index (χ2n) is 6.28. The van der Waals surface area contributed by atoms with Gasteiger partial charge in [0, 0.05) is 18.4 Å². The first-order valence-corrected chi connectivity index (χ1v) is 8.40. The van der Waals surface area contributed by atoms with E-state index in [1.807, 2.05) is 42.3 Å². The standard InChI is InChI=1S/C19H19N5O2/c1-13-9-20-18-12-24(19(25)15-6-7-21-22-10-15)17(11-23(13)18)14-4-3-5-16(8-14)26-2/h3-10,17H,11-12H2,1-2H3/t17-/m1/s1. The van der Waals surface area contributed by atoms with Crippen molar-refractivity contribution in [2.24, 2.45) is 0 Å². The summed E-state index contributed by atoms with van der Waals surface area (Å²) in [6, 6.07) is 9.42. The molecule has 0 saturated heterocycles. The van der Waals surface area contributed by atoms with Crippen molar-refractivity contribution in [3.05, 3.63) is 71.6 Å². The van der Waals surface area contributed by atoms with E-state index in [1.165, 1.54) is 12.4 Å². The predicted octanol–water partition coefficient (Wildman–Crippen LogP) is 2.39. The Bertz CT molecular complexity index is 938. The number of aryl methyl sites for hydroxylation is 1. The van der Waals surface area contributed by atoms with Gasteiger partial charge in [-0.1, -0.05) is 12.1 Å². The summed E-state index contributed by atoms with van der Waals surface area (Å²) < 4.78 is 7.53. The maximum absolute atomic E-state index is 13.1. The van der Waals surface area contributed by atoms with E-state index in [1.54, 1.807) is 13.2 Å². The Morgan fingerprint density at radius 2 is 2.12 bits per heavy atom. The fourth-order valence-corrected chi connectivity index (χ4v) is 3.35. The number of ether oxygens (including phenoxy) is 1. The van der Waals surface area contributed by atoms with Crippen LogP contribution in [0.4, 0.5) is 0 Å². The molecule has 1 amide bonds. The van der Waals surface area contributed by atoms with Crippen LogP contribution in [0.3, 0.4) is 0 Å². The Balaban J connectivity index is 1.77. The van der Waals surface area contributed by atoms with Crippen LogP contribution in [0.5, 0.6) is 5.75 Å². The summed E-state index contributed by atoms with van der Waals surface area (Å²) in [5, 5.41) is 7.59. The highest BCUT2D eigenvalue weighted by Gasteiger charge is 2.33. The third kappa shape index (κ3) is 2.81. The monoisotopic (exact) mass is 349 g/mol. The number of nitrogens with zero attached hydrogens (tertiary/aromatic N) is 5. The number of hydrogen-bond donors (Lipinski definition) is 0. The zero-order valence-electron chi connectivity index (χ0n) is 14.7. The van der Waals surface area contributed by atoms with Crippen molar-refractivity contribution in [1.29, 1.82) is 0 Å². The van der Waals surface area contributed by atoms with Crippen LogP contribution in [0.15, 0.2) is 48.9 Å². The Labute approximate surface area is 151 Å². The predicted molar refractivity (Wildman–Crippen MR) is 94.6 cm³/mol. The summed E-state index contributed by atoms with van der Waals surface area (Å²) in [6.45, 7) is 3.12. The summed E-state index contributed by atoms with van der Waals surface area (Å²) in [4.78, 5) is 19.4. The summed E-state index contributed by atoms with van der Waals surface area (Å²) in [5.74, 6) is 1.57. The average Bonchev–Trinajstić information content (AvgIpc) is 3.07. The Hall–Kier alpha value is -3.22. The Morgan fingerprint density at radius 3 is 2.88 bits per heavy atom. The fraction of sp³-hybridized carbons (Fsp3) is 0.263. The lowest BCUT2D eigenvalue weighted by Crippen LogP contribution is -2.41. The summed E-state index contributed by atoms with van der Waals surface area (Å²) in [5.41, 5.74) is 2.63. The molecule has 2 aromatic heterocycles. The van der Waals surface area contributed by atoms with Crippen LogP contribution < -0.4 is 4.74 Å². The van der Waals surface area contributed by atoms with Crippen molar-refractivity contribution >= 4 is 5.91 Å². The van der Waals surface area contributed by atoms with Crippen LogP contribution in [0, 0.1) is 6.92 Å². The molecule has 1 aromatic carbocycles. The number of aromatic nitrogens is 4. The number of fused-ring (bicyclic) bond motifs is 1. The van der Waals surface area contributed by atoms with E-state index < -0.39 is 0 Å². The van der Waals surface area contributed by atoms with Crippen LogP contribution in [0.2, 0.25) is 0 Å². The molecule has 3 heterocycles. The summed E-state index contributed by atoms with van der Waals surface area (Å²) in [7, 11) is 1.64. The Morgan fingerprint density at radius 1 is 1.23 bits per heavy atom. The van der Waals surface area contributed by atoms with Crippen molar-refractivity contribution in [3.8, 4) is 5.75 Å². The normalized spacial score (nSPS) is 16.2. The highest BCUT2D eigenvalue weighted by atomic mass is 16.5. The number of amides is 1. The first kappa shape index (κ1) is 16.3. The molecule has 0 spiro atoms. The third-order valence-electron chi connectivity index (χ3n) is 4.75. The molecule has 0 bridgehead atoms. The molecule has 3 aromatic rings. The minimum atomic E-state index is -0.119. The molecule has 1 atom stereocenters. The highest BCUT2D eigenvalue weighted by Crippen LogP contribution is 2.32. The summed E-state index contributed by atoms with van der Waals surface area (Å²) in [6.07, 6.45) is 4.88. The van der Waals surface area contributed by atoms with Gasteiger partial charge >= 0.3 is 0 Å². The zero-order chi connectivity index (χ0) is 18.1. The van der Waals surface area contributed by atoms with Gasteiger partial charge in [0.15, 0.2) is 0 Å². The lowest BCUT2D eigenvalue weighted by molar-refractivity contribution is 0.0582. The van der Waals surface area contributed by atoms with E-state index in [-0.39, 0.29) is 11.9 Å². The SMILES string of the molecule is COc1cccc([C@H]2Cn3c(C)cnc3CN2C(=O)c2ccnnc2)c1. The molecule has 0 unspecified atom stereocenters. The number of carbonyl (C=O) groups is 1. The second-order valence-corrected chi connectivity index (χ2v) is 6.28. The van der Waals surface area contributed by atoms with E-state index in [4.69, 9.17) is 4.74 Å². The largest absolute Gasteiger partial charge is 0.497 e. The van der Waals surface area contributed by atoms with Gasteiger partial charge in [-0.3, -0.25) is 4.79 Å². The first-order chi connectivity index (χ1) is 12.7. The maximum atomic E-state index is 13.1. The van der Waals surface area contributed by atoms with Gasteiger partial charge in [0.1, 0.15) is 11.6 Å². The lowest BCUT2D eigenvalue weighted by atomic mass is 10.0. The molecular weight excluding hydrogens is 330 g/mol. The maximum Gasteiger partial charge on any atom is 0.256 e. The van der Waals surface area contributed by atoms with Gasteiger partial charge in [-0.2, -0.15) is 10.2 Å². The van der Waals surface area contributed by atoms with Gasteiger partial charge in [-0.15, -0.1) is 0 Å². The minimum absolute atomic E-state index is 0.0837. The molecule has 0 saturated carbocycles. The molecule has 7 heteroatoms. The van der Waals surface area contributed by atoms with Gasteiger partial charge in [0.05, 0.1) is 37.7 Å². The van der Waals surface area contributed by atoms with Crippen LogP contribution in [0.1, 0.15) is 33.5 Å². The smallest absolute Gasteiger partial charge is 0.256 e. The second kappa shape index (κ2) is 6.59. The van der Waals surface area contributed by atoms with Gasteiger partial charge in [0.25, 0.3) is 5.91 Å². The molecule has 4 rings (SSSR count). The molecule has 26 heavy (non-hydrogen) atoms. The molecule has 1 aliphatic heterocycles. The number of carbonyl (C=O) groups excluding carboxylic acids is 1. The van der Waals surface area contributed by atoms with Crippen LogP contribution >= 0.6 is 0 Å². The van der Waals surface area contributed by atoms with Crippen molar-refractivity contribution in [2.45, 2.75) is 26.1 Å². The lowest BCUT2D eigenvalue weighted by Gasteiger charge is -2.37. The highest BCUT2D eigenvalue weighted by molar-refractivity contribution is 5.94. The van der Waals surface area contributed by atoms with Gasteiger partial charge < -0.3 is 14.2 Å². The number of methoxy groups -OCH3 is 1.